The molecule has 0 atom stereocenters. The molecule has 0 aromatic heterocycles. The van der Waals surface area contributed by atoms with Crippen LogP contribution in [0.4, 0.5) is 13.2 Å². The summed E-state index contributed by atoms with van der Waals surface area (Å²) in [5.74, 6) is 0. The van der Waals surface area contributed by atoms with Crippen molar-refractivity contribution in [3.05, 3.63) is 10.7 Å². The molecule has 0 saturated heterocycles. The Bertz CT molecular complexity index is 231. The van der Waals surface area contributed by atoms with Gasteiger partial charge in [-0.3, -0.25) is 0 Å². The van der Waals surface area contributed by atoms with E-state index < -0.39 is 37.2 Å². The molecule has 8 heteroatoms. The average molecular weight is 303 g/mol. The number of rotatable bonds is 3. The number of alkyl halides is 3. The van der Waals surface area contributed by atoms with Crippen molar-refractivity contribution in [2.24, 2.45) is 0 Å². The first-order valence-electron chi connectivity index (χ1n) is 2.05. The van der Waals surface area contributed by atoms with Crippen molar-refractivity contribution in [2.75, 3.05) is 0 Å². The van der Waals surface area contributed by atoms with Gasteiger partial charge in [0.15, 0.2) is 0 Å². The molecule has 0 rings (SSSR count). The van der Waals surface area contributed by atoms with Gasteiger partial charge in [-0.25, -0.2) is 0 Å². The van der Waals surface area contributed by atoms with E-state index in [2.05, 4.69) is 9.09 Å². The summed E-state index contributed by atoms with van der Waals surface area (Å²) >= 11 is -1.57. The molecule has 0 bridgehead atoms. The second-order valence-electron chi connectivity index (χ2n) is 1.21. The van der Waals surface area contributed by atoms with E-state index in [1.165, 1.54) is 0 Å². The molecular weight excluding hydrogens is 300 g/mol. The predicted molar refractivity (Wildman–Crippen MR) is 26.3 cm³/mol. The van der Waals surface area contributed by atoms with Gasteiger partial charge in [-0.15, -0.1) is 0 Å². The number of hydrogen-bond acceptors (Lipinski definition) is 3. The van der Waals surface area contributed by atoms with E-state index in [1.54, 1.807) is 0 Å². The van der Waals surface area contributed by atoms with Crippen LogP contribution in [0.1, 0.15) is 0 Å². The molecule has 0 fully saturated rings. The molecule has 0 spiro atoms. The zero-order valence-corrected chi connectivity index (χ0v) is 7.90. The SMILES string of the molecule is C=C[I-]OS(=O)(=O)C(F)(F)F. The molecule has 68 valence electrons. The van der Waals surface area contributed by atoms with Crippen LogP contribution in [-0.2, 0) is 12.6 Å². The summed E-state index contributed by atoms with van der Waals surface area (Å²) in [6, 6.07) is 0. The van der Waals surface area contributed by atoms with Gasteiger partial charge in [-0.2, -0.15) is 0 Å². The van der Waals surface area contributed by atoms with E-state index in [-0.39, 0.29) is 0 Å². The average Bonchev–Trinajstić information content (AvgIpc) is 1.81. The van der Waals surface area contributed by atoms with E-state index >= 15 is 0 Å². The predicted octanol–water partition coefficient (Wildman–Crippen LogP) is -2.00. The van der Waals surface area contributed by atoms with Gasteiger partial charge in [-0.1, -0.05) is 0 Å². The summed E-state index contributed by atoms with van der Waals surface area (Å²) < 4.78 is 59.0. The Hall–Kier alpha value is 0.170. The fraction of sp³-hybridized carbons (Fsp3) is 0.333. The molecule has 3 nitrogen and oxygen atoms in total. The van der Waals surface area contributed by atoms with Crippen LogP contribution in [0.3, 0.4) is 0 Å². The molecule has 0 heterocycles. The molecule has 0 saturated carbocycles. The van der Waals surface area contributed by atoms with Gasteiger partial charge in [0.1, 0.15) is 0 Å². The molecule has 0 aliphatic carbocycles. The standard InChI is InChI=1S/C3H3F3IO3S/c1-2-7-10-11(8,9)3(4,5)6/h2H,1H2/q-1. The number of halogens is 4. The first-order valence-corrected chi connectivity index (χ1v) is 5.59. The van der Waals surface area contributed by atoms with Crippen LogP contribution in [0.25, 0.3) is 0 Å². The quantitative estimate of drug-likeness (QED) is 0.447. The Morgan fingerprint density at radius 1 is 1.45 bits per heavy atom. The van der Waals surface area contributed by atoms with Crippen LogP contribution in [-0.4, -0.2) is 13.9 Å². The van der Waals surface area contributed by atoms with Gasteiger partial charge in [0.05, 0.1) is 0 Å². The van der Waals surface area contributed by atoms with Gasteiger partial charge < -0.3 is 0 Å². The normalized spacial score (nSPS) is 13.4. The maximum absolute atomic E-state index is 11.4. The van der Waals surface area contributed by atoms with Crippen LogP contribution in [0.5, 0.6) is 0 Å². The summed E-state index contributed by atoms with van der Waals surface area (Å²) in [5, 5.41) is 0. The molecule has 0 N–H and O–H groups in total. The van der Waals surface area contributed by atoms with E-state index in [0.29, 0.717) is 0 Å². The summed E-state index contributed by atoms with van der Waals surface area (Å²) in [7, 11) is -5.38. The van der Waals surface area contributed by atoms with Crippen molar-refractivity contribution in [3.8, 4) is 0 Å². The molecule has 11 heavy (non-hydrogen) atoms. The maximum atomic E-state index is 11.4. The third kappa shape index (κ3) is 3.38. The van der Waals surface area contributed by atoms with Crippen LogP contribution < -0.4 is 21.6 Å². The van der Waals surface area contributed by atoms with Crippen molar-refractivity contribution in [1.29, 1.82) is 0 Å². The van der Waals surface area contributed by atoms with Crippen molar-refractivity contribution in [2.45, 2.75) is 5.51 Å². The van der Waals surface area contributed by atoms with Crippen molar-refractivity contribution in [1.82, 2.24) is 0 Å². The minimum absolute atomic E-state index is 1.02. The topological polar surface area (TPSA) is 43.4 Å². The third-order valence-corrected chi connectivity index (χ3v) is 3.67. The Kier molecular flexibility index (Phi) is 3.77. The molecule has 0 aliphatic heterocycles. The Balaban J connectivity index is 4.37. The first kappa shape index (κ1) is 11.2. The summed E-state index contributed by atoms with van der Waals surface area (Å²) in [4.78, 5) is 0. The second kappa shape index (κ2) is 3.72. The molecular formula is C3H3F3IO3S-. The van der Waals surface area contributed by atoms with E-state index in [0.717, 1.165) is 4.08 Å². The van der Waals surface area contributed by atoms with Crippen molar-refractivity contribution < 1.29 is 45.7 Å². The van der Waals surface area contributed by atoms with Crippen LogP contribution in [0.15, 0.2) is 10.7 Å². The Morgan fingerprint density at radius 3 is 2.18 bits per heavy atom. The fourth-order valence-corrected chi connectivity index (χ4v) is 2.20. The minimum atomic E-state index is -5.38. The Morgan fingerprint density at radius 2 is 1.91 bits per heavy atom. The zero-order chi connectivity index (χ0) is 9.12. The zero-order valence-electron chi connectivity index (χ0n) is 4.93. The Labute approximate surface area is 72.2 Å². The molecule has 0 aliphatic rings. The molecule has 0 aromatic carbocycles. The van der Waals surface area contributed by atoms with Gasteiger partial charge in [0.2, 0.25) is 0 Å². The second-order valence-corrected chi connectivity index (χ2v) is 5.17. The molecule has 0 unspecified atom stereocenters. The van der Waals surface area contributed by atoms with Crippen LogP contribution in [0, 0.1) is 0 Å². The monoisotopic (exact) mass is 303 g/mol. The number of hydrogen-bond donors (Lipinski definition) is 0. The van der Waals surface area contributed by atoms with Crippen molar-refractivity contribution >= 4 is 10.1 Å². The third-order valence-electron chi connectivity index (χ3n) is 0.466. The summed E-state index contributed by atoms with van der Waals surface area (Å²) in [5.41, 5.74) is -5.32. The summed E-state index contributed by atoms with van der Waals surface area (Å²) in [6.07, 6.45) is 0. The van der Waals surface area contributed by atoms with Crippen LogP contribution in [0.2, 0.25) is 0 Å². The molecule has 0 aromatic rings. The van der Waals surface area contributed by atoms with Gasteiger partial charge in [0, 0.05) is 0 Å². The van der Waals surface area contributed by atoms with Crippen LogP contribution >= 0.6 is 0 Å². The summed E-state index contributed by atoms with van der Waals surface area (Å²) in [6.45, 7) is 3.04. The molecule has 0 amide bonds. The first-order chi connectivity index (χ1) is 4.81. The fourth-order valence-electron chi connectivity index (χ4n) is 0.109. The van der Waals surface area contributed by atoms with E-state index in [9.17, 15) is 21.6 Å². The van der Waals surface area contributed by atoms with E-state index in [4.69, 9.17) is 0 Å². The van der Waals surface area contributed by atoms with Gasteiger partial charge in [0.25, 0.3) is 0 Å². The van der Waals surface area contributed by atoms with Gasteiger partial charge >= 0.3 is 72.0 Å². The van der Waals surface area contributed by atoms with Crippen molar-refractivity contribution in [3.63, 3.8) is 0 Å². The van der Waals surface area contributed by atoms with E-state index in [1.807, 2.05) is 0 Å². The van der Waals surface area contributed by atoms with Gasteiger partial charge in [-0.05, 0) is 0 Å². The molecule has 0 radical (unpaired) electrons.